The third kappa shape index (κ3) is 3.67. The first-order valence-electron chi connectivity index (χ1n) is 8.59. The van der Waals surface area contributed by atoms with E-state index < -0.39 is 5.56 Å². The van der Waals surface area contributed by atoms with E-state index in [9.17, 15) is 9.59 Å². The van der Waals surface area contributed by atoms with Crippen LogP contribution < -0.4 is 5.56 Å². The first-order valence-corrected chi connectivity index (χ1v) is 9.47. The summed E-state index contributed by atoms with van der Waals surface area (Å²) in [6.45, 7) is 3.14. The van der Waals surface area contributed by atoms with Crippen molar-refractivity contribution >= 4 is 17.2 Å². The van der Waals surface area contributed by atoms with Crippen molar-refractivity contribution in [2.45, 2.75) is 13.0 Å². The Bertz CT molecular complexity index is 1020. The molecule has 138 valence electrons. The van der Waals surface area contributed by atoms with Crippen molar-refractivity contribution in [2.24, 2.45) is 0 Å². The first kappa shape index (κ1) is 17.6. The standard InChI is InChI=1S/C19H18N4O3S/c1-12-21-15(11-27-12)17-20-9-14(18(24)22-17)19(25)23-7-8-26-16(10-23)13-5-3-2-4-6-13/h2-6,9,11,16H,7-8,10H2,1H3,(H,20,22,24)/t16-/m1/s1. The second-order valence-corrected chi connectivity index (χ2v) is 7.31. The molecule has 0 saturated carbocycles. The van der Waals surface area contributed by atoms with Crippen molar-refractivity contribution in [3.8, 4) is 11.5 Å². The minimum absolute atomic E-state index is 0.0272. The Morgan fingerprint density at radius 2 is 2.15 bits per heavy atom. The zero-order chi connectivity index (χ0) is 18.8. The van der Waals surface area contributed by atoms with E-state index in [2.05, 4.69) is 15.0 Å². The number of benzene rings is 1. The summed E-state index contributed by atoms with van der Waals surface area (Å²) in [4.78, 5) is 38.1. The zero-order valence-electron chi connectivity index (χ0n) is 14.7. The smallest absolute Gasteiger partial charge is 0.264 e. The van der Waals surface area contributed by atoms with Gasteiger partial charge in [0.25, 0.3) is 11.5 Å². The van der Waals surface area contributed by atoms with Crippen LogP contribution in [0, 0.1) is 6.92 Å². The van der Waals surface area contributed by atoms with Crippen LogP contribution in [-0.2, 0) is 4.74 Å². The van der Waals surface area contributed by atoms with Crippen LogP contribution in [0.3, 0.4) is 0 Å². The third-order valence-corrected chi connectivity index (χ3v) is 5.19. The summed E-state index contributed by atoms with van der Waals surface area (Å²) >= 11 is 1.47. The van der Waals surface area contributed by atoms with Crippen LogP contribution in [0.15, 0.2) is 46.7 Å². The quantitative estimate of drug-likeness (QED) is 0.752. The second-order valence-electron chi connectivity index (χ2n) is 6.25. The van der Waals surface area contributed by atoms with Gasteiger partial charge in [0.1, 0.15) is 17.4 Å². The van der Waals surface area contributed by atoms with E-state index in [-0.39, 0.29) is 17.6 Å². The number of H-pyrrole nitrogens is 1. The number of amides is 1. The Hall–Kier alpha value is -2.84. The summed E-state index contributed by atoms with van der Waals surface area (Å²) in [7, 11) is 0. The maximum Gasteiger partial charge on any atom is 0.264 e. The highest BCUT2D eigenvalue weighted by Crippen LogP contribution is 2.23. The van der Waals surface area contributed by atoms with E-state index in [4.69, 9.17) is 4.74 Å². The monoisotopic (exact) mass is 382 g/mol. The number of thiazole rings is 1. The van der Waals surface area contributed by atoms with E-state index in [1.807, 2.05) is 42.6 Å². The molecule has 1 aliphatic heterocycles. The maximum atomic E-state index is 12.8. The predicted molar refractivity (Wildman–Crippen MR) is 102 cm³/mol. The van der Waals surface area contributed by atoms with Gasteiger partial charge in [0.2, 0.25) is 0 Å². The van der Waals surface area contributed by atoms with Gasteiger partial charge < -0.3 is 14.6 Å². The molecule has 0 radical (unpaired) electrons. The Morgan fingerprint density at radius 1 is 1.33 bits per heavy atom. The average molecular weight is 382 g/mol. The van der Waals surface area contributed by atoms with Crippen molar-refractivity contribution in [3.63, 3.8) is 0 Å². The first-order chi connectivity index (χ1) is 13.1. The van der Waals surface area contributed by atoms with E-state index in [0.717, 1.165) is 10.6 Å². The van der Waals surface area contributed by atoms with E-state index >= 15 is 0 Å². The molecular formula is C19H18N4O3S. The summed E-state index contributed by atoms with van der Waals surface area (Å²) in [6.07, 6.45) is 1.13. The molecule has 7 nitrogen and oxygen atoms in total. The molecule has 0 spiro atoms. The molecule has 1 aliphatic rings. The normalized spacial score (nSPS) is 17.1. The number of nitrogens with zero attached hydrogens (tertiary/aromatic N) is 3. The van der Waals surface area contributed by atoms with E-state index in [0.29, 0.717) is 31.2 Å². The van der Waals surface area contributed by atoms with Crippen LogP contribution in [0.25, 0.3) is 11.5 Å². The van der Waals surface area contributed by atoms with Crippen molar-refractivity contribution < 1.29 is 9.53 Å². The number of carbonyl (C=O) groups excluding carboxylic acids is 1. The molecule has 1 saturated heterocycles. The SMILES string of the molecule is Cc1nc(-c2ncc(C(=O)N3CCO[C@@H](c4ccccc4)C3)c(=O)[nH]2)cs1. The number of rotatable bonds is 3. The number of carbonyl (C=O) groups is 1. The minimum Gasteiger partial charge on any atom is -0.370 e. The molecule has 0 aliphatic carbocycles. The van der Waals surface area contributed by atoms with Crippen LogP contribution in [0.1, 0.15) is 27.0 Å². The number of nitrogens with one attached hydrogen (secondary N) is 1. The number of ether oxygens (including phenoxy) is 1. The Balaban J connectivity index is 1.54. The lowest BCUT2D eigenvalue weighted by Crippen LogP contribution is -2.44. The molecule has 3 heterocycles. The fourth-order valence-electron chi connectivity index (χ4n) is 3.02. The number of aromatic amines is 1. The number of hydrogen-bond acceptors (Lipinski definition) is 6. The highest BCUT2D eigenvalue weighted by molar-refractivity contribution is 7.09. The van der Waals surface area contributed by atoms with Crippen molar-refractivity contribution in [2.75, 3.05) is 19.7 Å². The number of hydrogen-bond donors (Lipinski definition) is 1. The highest BCUT2D eigenvalue weighted by Gasteiger charge is 2.27. The molecule has 4 rings (SSSR count). The summed E-state index contributed by atoms with van der Waals surface area (Å²) in [5.41, 5.74) is 1.18. The molecule has 3 aromatic rings. The second kappa shape index (κ2) is 7.42. The fraction of sp³-hybridized carbons (Fsp3) is 0.263. The number of aromatic nitrogens is 3. The molecule has 27 heavy (non-hydrogen) atoms. The van der Waals surface area contributed by atoms with Crippen molar-refractivity contribution in [1.29, 1.82) is 0 Å². The van der Waals surface area contributed by atoms with E-state index in [1.165, 1.54) is 17.5 Å². The van der Waals surface area contributed by atoms with Gasteiger partial charge in [0, 0.05) is 18.1 Å². The highest BCUT2D eigenvalue weighted by atomic mass is 32.1. The van der Waals surface area contributed by atoms with E-state index in [1.54, 1.807) is 4.90 Å². The summed E-state index contributed by atoms with van der Waals surface area (Å²) < 4.78 is 5.79. The average Bonchev–Trinajstić information content (AvgIpc) is 3.14. The molecule has 1 N–H and O–H groups in total. The third-order valence-electron chi connectivity index (χ3n) is 4.42. The molecule has 1 amide bonds. The van der Waals surface area contributed by atoms with Gasteiger partial charge in [0.05, 0.1) is 18.2 Å². The molecule has 1 fully saturated rings. The summed E-state index contributed by atoms with van der Waals surface area (Å²) in [5, 5.41) is 2.70. The topological polar surface area (TPSA) is 88.2 Å². The van der Waals surface area contributed by atoms with Crippen LogP contribution >= 0.6 is 11.3 Å². The number of aryl methyl sites for hydroxylation is 1. The van der Waals surface area contributed by atoms with Gasteiger partial charge in [-0.2, -0.15) is 0 Å². The zero-order valence-corrected chi connectivity index (χ0v) is 15.5. The van der Waals surface area contributed by atoms with Gasteiger partial charge in [-0.3, -0.25) is 9.59 Å². The lowest BCUT2D eigenvalue weighted by atomic mass is 10.1. The molecule has 0 unspecified atom stereocenters. The molecule has 2 aromatic heterocycles. The molecule has 0 bridgehead atoms. The molecule has 8 heteroatoms. The minimum atomic E-state index is -0.460. The van der Waals surface area contributed by atoms with Gasteiger partial charge in [-0.1, -0.05) is 30.3 Å². The Labute approximate surface area is 159 Å². The predicted octanol–water partition coefficient (Wildman–Crippen LogP) is 2.42. The van der Waals surface area contributed by atoms with Crippen LogP contribution in [0.4, 0.5) is 0 Å². The molecule has 1 aromatic carbocycles. The fourth-order valence-corrected chi connectivity index (χ4v) is 3.62. The summed E-state index contributed by atoms with van der Waals surface area (Å²) in [5.74, 6) is 0.0269. The van der Waals surface area contributed by atoms with Gasteiger partial charge in [-0.15, -0.1) is 11.3 Å². The van der Waals surface area contributed by atoms with Crippen molar-refractivity contribution in [3.05, 3.63) is 68.4 Å². The lowest BCUT2D eigenvalue weighted by Gasteiger charge is -2.33. The Kier molecular flexibility index (Phi) is 4.83. The van der Waals surface area contributed by atoms with Gasteiger partial charge >= 0.3 is 0 Å². The van der Waals surface area contributed by atoms with Crippen LogP contribution in [0.2, 0.25) is 0 Å². The van der Waals surface area contributed by atoms with Gasteiger partial charge in [-0.25, -0.2) is 9.97 Å². The van der Waals surface area contributed by atoms with Crippen LogP contribution in [-0.4, -0.2) is 45.5 Å². The summed E-state index contributed by atoms with van der Waals surface area (Å²) in [6, 6.07) is 9.75. The van der Waals surface area contributed by atoms with Gasteiger partial charge in [0.15, 0.2) is 5.82 Å². The molecule has 1 atom stereocenters. The molecular weight excluding hydrogens is 364 g/mol. The van der Waals surface area contributed by atoms with Crippen LogP contribution in [0.5, 0.6) is 0 Å². The maximum absolute atomic E-state index is 12.8. The number of morpholine rings is 1. The van der Waals surface area contributed by atoms with Gasteiger partial charge in [-0.05, 0) is 12.5 Å². The van der Waals surface area contributed by atoms with Crippen molar-refractivity contribution in [1.82, 2.24) is 19.9 Å². The Morgan fingerprint density at radius 3 is 2.85 bits per heavy atom. The largest absolute Gasteiger partial charge is 0.370 e. The lowest BCUT2D eigenvalue weighted by molar-refractivity contribution is -0.0229.